The molecule has 3 N–H and O–H groups in total. The number of amides is 1. The van der Waals surface area contributed by atoms with E-state index in [0.717, 1.165) is 10.9 Å². The van der Waals surface area contributed by atoms with Gasteiger partial charge in [-0.3, -0.25) is 4.79 Å². The van der Waals surface area contributed by atoms with Gasteiger partial charge < -0.3 is 11.1 Å². The molecule has 0 fully saturated rings. The largest absolute Gasteiger partial charge is 0.365 e. The fourth-order valence-electron chi connectivity index (χ4n) is 1.84. The van der Waals surface area contributed by atoms with E-state index in [9.17, 15) is 4.79 Å². The maximum Gasteiger partial charge on any atom is 0.252 e. The molecule has 0 saturated heterocycles. The molecule has 0 aliphatic rings. The Hall–Kier alpha value is -3.02. The predicted molar refractivity (Wildman–Crippen MR) is 75.6 cm³/mol. The van der Waals surface area contributed by atoms with Gasteiger partial charge in [0.1, 0.15) is 5.82 Å². The van der Waals surface area contributed by atoms with Crippen LogP contribution in [0.3, 0.4) is 0 Å². The van der Waals surface area contributed by atoms with E-state index < -0.39 is 5.91 Å². The maximum atomic E-state index is 11.3. The highest BCUT2D eigenvalue weighted by Crippen LogP contribution is 2.17. The Morgan fingerprint density at radius 1 is 1.10 bits per heavy atom. The molecule has 1 amide bonds. The first-order chi connectivity index (χ1) is 9.74. The van der Waals surface area contributed by atoms with Crippen LogP contribution >= 0.6 is 0 Å². The summed E-state index contributed by atoms with van der Waals surface area (Å²) in [5.41, 5.74) is 6.40. The Bertz CT molecular complexity index is 787. The van der Waals surface area contributed by atoms with Crippen molar-refractivity contribution >= 4 is 28.6 Å². The van der Waals surface area contributed by atoms with E-state index in [1.165, 1.54) is 0 Å². The van der Waals surface area contributed by atoms with Crippen LogP contribution in [0.25, 0.3) is 10.9 Å². The minimum absolute atomic E-state index is 0.296. The summed E-state index contributed by atoms with van der Waals surface area (Å²) in [4.78, 5) is 24.0. The number of pyridine rings is 1. The van der Waals surface area contributed by atoms with Crippen LogP contribution in [0.5, 0.6) is 0 Å². The fraction of sp³-hybridized carbons (Fsp3) is 0. The lowest BCUT2D eigenvalue weighted by Gasteiger charge is -2.07. The van der Waals surface area contributed by atoms with Crippen LogP contribution in [-0.2, 0) is 0 Å². The van der Waals surface area contributed by atoms with Gasteiger partial charge in [-0.25, -0.2) is 15.0 Å². The monoisotopic (exact) mass is 265 g/mol. The molecule has 2 aromatic heterocycles. The van der Waals surface area contributed by atoms with Gasteiger partial charge in [-0.05, 0) is 18.2 Å². The number of hydrogen-bond acceptors (Lipinski definition) is 5. The van der Waals surface area contributed by atoms with Gasteiger partial charge in [-0.1, -0.05) is 18.2 Å². The molecule has 0 bridgehead atoms. The van der Waals surface area contributed by atoms with E-state index in [-0.39, 0.29) is 0 Å². The van der Waals surface area contributed by atoms with Crippen LogP contribution in [-0.4, -0.2) is 20.9 Å². The van der Waals surface area contributed by atoms with Gasteiger partial charge in [0.15, 0.2) is 0 Å². The Balaban J connectivity index is 1.99. The van der Waals surface area contributed by atoms with Crippen molar-refractivity contribution in [2.45, 2.75) is 0 Å². The zero-order valence-corrected chi connectivity index (χ0v) is 10.4. The molecule has 98 valence electrons. The molecule has 6 heteroatoms. The SMILES string of the molecule is NC(=O)c1cccnc1Nc1ncc2ccccc2n1. The number of nitrogens with one attached hydrogen (secondary N) is 1. The first kappa shape index (κ1) is 12.0. The molecule has 0 aliphatic carbocycles. The van der Waals surface area contributed by atoms with E-state index in [1.807, 2.05) is 24.3 Å². The van der Waals surface area contributed by atoms with Gasteiger partial charge in [0, 0.05) is 17.8 Å². The van der Waals surface area contributed by atoms with Crippen LogP contribution < -0.4 is 11.1 Å². The summed E-state index contributed by atoms with van der Waals surface area (Å²) < 4.78 is 0. The number of aromatic nitrogens is 3. The van der Waals surface area contributed by atoms with Gasteiger partial charge >= 0.3 is 0 Å². The molecule has 20 heavy (non-hydrogen) atoms. The Kier molecular flexibility index (Phi) is 2.96. The van der Waals surface area contributed by atoms with Crippen LogP contribution in [0, 0.1) is 0 Å². The summed E-state index contributed by atoms with van der Waals surface area (Å²) in [6.45, 7) is 0. The molecule has 2 heterocycles. The lowest BCUT2D eigenvalue weighted by Crippen LogP contribution is -2.14. The average molecular weight is 265 g/mol. The lowest BCUT2D eigenvalue weighted by molar-refractivity contribution is 0.100. The van der Waals surface area contributed by atoms with E-state index in [0.29, 0.717) is 17.3 Å². The van der Waals surface area contributed by atoms with Crippen molar-refractivity contribution in [1.82, 2.24) is 15.0 Å². The van der Waals surface area contributed by atoms with Gasteiger partial charge in [-0.15, -0.1) is 0 Å². The van der Waals surface area contributed by atoms with E-state index >= 15 is 0 Å². The minimum atomic E-state index is -0.554. The third-order valence-corrected chi connectivity index (χ3v) is 2.79. The minimum Gasteiger partial charge on any atom is -0.365 e. The van der Waals surface area contributed by atoms with Gasteiger partial charge in [-0.2, -0.15) is 0 Å². The molecule has 3 rings (SSSR count). The van der Waals surface area contributed by atoms with Crippen molar-refractivity contribution in [2.24, 2.45) is 5.73 Å². The number of nitrogens with two attached hydrogens (primary N) is 1. The summed E-state index contributed by atoms with van der Waals surface area (Å²) in [7, 11) is 0. The second-order valence-corrected chi connectivity index (χ2v) is 4.14. The van der Waals surface area contributed by atoms with Crippen LogP contribution in [0.2, 0.25) is 0 Å². The molecule has 0 aliphatic heterocycles. The molecular weight excluding hydrogens is 254 g/mol. The van der Waals surface area contributed by atoms with Crippen molar-refractivity contribution in [3.05, 3.63) is 54.4 Å². The zero-order valence-electron chi connectivity index (χ0n) is 10.4. The number of rotatable bonds is 3. The van der Waals surface area contributed by atoms with Crippen LogP contribution in [0.15, 0.2) is 48.8 Å². The third kappa shape index (κ3) is 2.26. The standard InChI is InChI=1S/C14H11N5O/c15-12(20)10-5-3-7-16-13(10)19-14-17-8-9-4-1-2-6-11(9)18-14/h1-8H,(H2,15,20)(H,16,17,18,19). The highest BCUT2D eigenvalue weighted by atomic mass is 16.1. The smallest absolute Gasteiger partial charge is 0.252 e. The lowest BCUT2D eigenvalue weighted by atomic mass is 10.2. The van der Waals surface area contributed by atoms with Crippen molar-refractivity contribution < 1.29 is 4.79 Å². The molecule has 0 saturated carbocycles. The zero-order chi connectivity index (χ0) is 13.9. The van der Waals surface area contributed by atoms with Gasteiger partial charge in [0.25, 0.3) is 5.91 Å². The van der Waals surface area contributed by atoms with Crippen molar-refractivity contribution in [2.75, 3.05) is 5.32 Å². The first-order valence-corrected chi connectivity index (χ1v) is 5.97. The van der Waals surface area contributed by atoms with Crippen molar-refractivity contribution in [1.29, 1.82) is 0 Å². The van der Waals surface area contributed by atoms with E-state index in [1.54, 1.807) is 24.5 Å². The molecule has 6 nitrogen and oxygen atoms in total. The first-order valence-electron chi connectivity index (χ1n) is 5.97. The summed E-state index contributed by atoms with van der Waals surface area (Å²) in [6.07, 6.45) is 3.27. The fourth-order valence-corrected chi connectivity index (χ4v) is 1.84. The normalized spacial score (nSPS) is 10.4. The van der Waals surface area contributed by atoms with Gasteiger partial charge in [0.05, 0.1) is 11.1 Å². The predicted octanol–water partition coefficient (Wildman–Crippen LogP) is 1.87. The number of carbonyl (C=O) groups excluding carboxylic acids is 1. The number of benzene rings is 1. The van der Waals surface area contributed by atoms with E-state index in [4.69, 9.17) is 5.73 Å². The summed E-state index contributed by atoms with van der Waals surface area (Å²) >= 11 is 0. The second-order valence-electron chi connectivity index (χ2n) is 4.14. The molecule has 0 spiro atoms. The number of primary amides is 1. The Morgan fingerprint density at radius 2 is 1.95 bits per heavy atom. The number of carbonyl (C=O) groups is 1. The number of para-hydroxylation sites is 1. The highest BCUT2D eigenvalue weighted by Gasteiger charge is 2.10. The molecule has 0 unspecified atom stereocenters. The summed E-state index contributed by atoms with van der Waals surface area (Å²) in [5, 5.41) is 3.85. The second kappa shape index (κ2) is 4.93. The third-order valence-electron chi connectivity index (χ3n) is 2.79. The van der Waals surface area contributed by atoms with Crippen LogP contribution in [0.4, 0.5) is 11.8 Å². The molecular formula is C14H11N5O. The summed E-state index contributed by atoms with van der Waals surface area (Å²) in [6, 6.07) is 10.9. The maximum absolute atomic E-state index is 11.3. The van der Waals surface area contributed by atoms with E-state index in [2.05, 4.69) is 20.3 Å². The molecule has 3 aromatic rings. The average Bonchev–Trinajstić information content (AvgIpc) is 2.47. The molecule has 0 radical (unpaired) electrons. The van der Waals surface area contributed by atoms with Crippen molar-refractivity contribution in [3.8, 4) is 0 Å². The number of fused-ring (bicyclic) bond motifs is 1. The highest BCUT2D eigenvalue weighted by molar-refractivity contribution is 5.98. The summed E-state index contributed by atoms with van der Waals surface area (Å²) in [5.74, 6) is 0.154. The number of hydrogen-bond donors (Lipinski definition) is 2. The Morgan fingerprint density at radius 3 is 2.80 bits per heavy atom. The van der Waals surface area contributed by atoms with Crippen molar-refractivity contribution in [3.63, 3.8) is 0 Å². The Labute approximate surface area is 114 Å². The number of nitrogens with zero attached hydrogens (tertiary/aromatic N) is 3. The van der Waals surface area contributed by atoms with Gasteiger partial charge in [0.2, 0.25) is 5.95 Å². The quantitative estimate of drug-likeness (QED) is 0.754. The molecule has 0 atom stereocenters. The number of anilines is 2. The topological polar surface area (TPSA) is 93.8 Å². The van der Waals surface area contributed by atoms with Crippen LogP contribution in [0.1, 0.15) is 10.4 Å². The molecule has 1 aromatic carbocycles.